The SMILES string of the molecule is COC(=O)c1c(NC(=O)CNC[C@H](c2ccccc2)N(C)C)sc2c1CCCCC2. The number of methoxy groups -OCH3 is 1. The first-order valence-electron chi connectivity index (χ1n) is 10.5. The summed E-state index contributed by atoms with van der Waals surface area (Å²) in [5.74, 6) is -0.517. The molecule has 0 spiro atoms. The van der Waals surface area contributed by atoms with Crippen LogP contribution in [0.3, 0.4) is 0 Å². The number of aryl methyl sites for hydroxylation is 1. The van der Waals surface area contributed by atoms with Gasteiger partial charge in [0.25, 0.3) is 0 Å². The number of ether oxygens (including phenoxy) is 1. The summed E-state index contributed by atoms with van der Waals surface area (Å²) in [7, 11) is 5.45. The van der Waals surface area contributed by atoms with E-state index in [0.29, 0.717) is 17.1 Å². The Bertz CT molecular complexity index is 864. The number of thiophene rings is 1. The Kier molecular flexibility index (Phi) is 8.01. The highest BCUT2D eigenvalue weighted by atomic mass is 32.1. The average Bonchev–Trinajstić information content (AvgIpc) is 2.91. The van der Waals surface area contributed by atoms with Crippen LogP contribution in [0.15, 0.2) is 30.3 Å². The predicted octanol–water partition coefficient (Wildman–Crippen LogP) is 3.63. The Morgan fingerprint density at radius 3 is 2.57 bits per heavy atom. The molecule has 1 amide bonds. The molecule has 1 aromatic carbocycles. The van der Waals surface area contributed by atoms with Gasteiger partial charge in [-0.05, 0) is 50.9 Å². The zero-order valence-corrected chi connectivity index (χ0v) is 18.8. The number of rotatable bonds is 8. The normalized spacial score (nSPS) is 14.7. The van der Waals surface area contributed by atoms with E-state index >= 15 is 0 Å². The van der Waals surface area contributed by atoms with Crippen molar-refractivity contribution >= 4 is 28.2 Å². The van der Waals surface area contributed by atoms with Crippen molar-refractivity contribution in [1.29, 1.82) is 0 Å². The number of carbonyl (C=O) groups is 2. The Labute approximate surface area is 182 Å². The number of fused-ring (bicyclic) bond motifs is 1. The van der Waals surface area contributed by atoms with Gasteiger partial charge in [0.15, 0.2) is 0 Å². The minimum absolute atomic E-state index is 0.151. The van der Waals surface area contributed by atoms with Crippen LogP contribution in [-0.4, -0.2) is 51.1 Å². The molecule has 0 saturated carbocycles. The van der Waals surface area contributed by atoms with Crippen LogP contribution in [0.2, 0.25) is 0 Å². The van der Waals surface area contributed by atoms with Gasteiger partial charge in [0.2, 0.25) is 5.91 Å². The molecular weight excluding hydrogens is 398 g/mol. The van der Waals surface area contributed by atoms with E-state index in [1.807, 2.05) is 32.3 Å². The second kappa shape index (κ2) is 10.7. The fraction of sp³-hybridized carbons (Fsp3) is 0.478. The number of benzene rings is 1. The van der Waals surface area contributed by atoms with E-state index in [1.54, 1.807) is 0 Å². The highest BCUT2D eigenvalue weighted by Gasteiger charge is 2.26. The van der Waals surface area contributed by atoms with Crippen LogP contribution in [-0.2, 0) is 22.4 Å². The number of amides is 1. The first-order chi connectivity index (χ1) is 14.5. The van der Waals surface area contributed by atoms with Crippen LogP contribution in [0.25, 0.3) is 0 Å². The lowest BCUT2D eigenvalue weighted by Gasteiger charge is -2.25. The van der Waals surface area contributed by atoms with Crippen LogP contribution in [0, 0.1) is 0 Å². The van der Waals surface area contributed by atoms with Crippen molar-refractivity contribution in [3.8, 4) is 0 Å². The summed E-state index contributed by atoms with van der Waals surface area (Å²) in [5, 5.41) is 6.82. The van der Waals surface area contributed by atoms with E-state index in [2.05, 4.69) is 27.7 Å². The summed E-state index contributed by atoms with van der Waals surface area (Å²) in [4.78, 5) is 28.4. The van der Waals surface area contributed by atoms with Gasteiger partial charge in [0, 0.05) is 17.5 Å². The van der Waals surface area contributed by atoms with Gasteiger partial charge in [0.1, 0.15) is 5.00 Å². The zero-order valence-electron chi connectivity index (χ0n) is 18.0. The lowest BCUT2D eigenvalue weighted by atomic mass is 10.1. The highest BCUT2D eigenvalue weighted by Crippen LogP contribution is 2.37. The van der Waals surface area contributed by atoms with Crippen LogP contribution >= 0.6 is 11.3 Å². The maximum absolute atomic E-state index is 12.6. The summed E-state index contributed by atoms with van der Waals surface area (Å²) in [6.45, 7) is 0.829. The third-order valence-corrected chi connectivity index (χ3v) is 6.70. The number of hydrogen-bond donors (Lipinski definition) is 2. The monoisotopic (exact) mass is 429 g/mol. The molecule has 1 aliphatic carbocycles. The number of esters is 1. The Morgan fingerprint density at radius 2 is 1.87 bits per heavy atom. The van der Waals surface area contributed by atoms with Gasteiger partial charge in [0.05, 0.1) is 19.2 Å². The third-order valence-electron chi connectivity index (χ3n) is 5.49. The minimum atomic E-state index is -0.366. The van der Waals surface area contributed by atoms with E-state index in [4.69, 9.17) is 4.74 Å². The summed E-state index contributed by atoms with van der Waals surface area (Å²) in [6, 6.07) is 10.4. The van der Waals surface area contributed by atoms with Gasteiger partial charge in [-0.25, -0.2) is 4.79 Å². The molecule has 2 aromatic rings. The number of nitrogens with one attached hydrogen (secondary N) is 2. The molecule has 0 aliphatic heterocycles. The number of likely N-dealkylation sites (N-methyl/N-ethyl adjacent to an activating group) is 1. The zero-order chi connectivity index (χ0) is 21.5. The summed E-state index contributed by atoms with van der Waals surface area (Å²) in [5.41, 5.74) is 2.80. The molecule has 7 heteroatoms. The van der Waals surface area contributed by atoms with E-state index in [-0.39, 0.29) is 24.5 Å². The topological polar surface area (TPSA) is 70.7 Å². The lowest BCUT2D eigenvalue weighted by Crippen LogP contribution is -2.35. The van der Waals surface area contributed by atoms with Crippen molar-refractivity contribution in [2.45, 2.75) is 38.1 Å². The second-order valence-electron chi connectivity index (χ2n) is 7.83. The molecule has 1 heterocycles. The van der Waals surface area contributed by atoms with Crippen LogP contribution in [0.4, 0.5) is 5.00 Å². The molecule has 0 radical (unpaired) electrons. The number of nitrogens with zero attached hydrogens (tertiary/aromatic N) is 1. The first kappa shape index (κ1) is 22.5. The van der Waals surface area contributed by atoms with Crippen LogP contribution in [0.1, 0.15) is 51.7 Å². The largest absolute Gasteiger partial charge is 0.465 e. The molecule has 0 bridgehead atoms. The Morgan fingerprint density at radius 1 is 1.13 bits per heavy atom. The molecule has 6 nitrogen and oxygen atoms in total. The molecule has 3 rings (SSSR count). The second-order valence-corrected chi connectivity index (χ2v) is 8.93. The number of anilines is 1. The number of hydrogen-bond acceptors (Lipinski definition) is 6. The van der Waals surface area contributed by atoms with Crippen molar-refractivity contribution in [2.24, 2.45) is 0 Å². The van der Waals surface area contributed by atoms with Crippen molar-refractivity contribution in [3.63, 3.8) is 0 Å². The first-order valence-corrected chi connectivity index (χ1v) is 11.3. The minimum Gasteiger partial charge on any atom is -0.465 e. The molecule has 1 atom stereocenters. The molecule has 162 valence electrons. The smallest absolute Gasteiger partial charge is 0.341 e. The fourth-order valence-electron chi connectivity index (χ4n) is 3.92. The molecule has 1 aromatic heterocycles. The molecule has 1 aliphatic rings. The van der Waals surface area contributed by atoms with Gasteiger partial charge in [-0.2, -0.15) is 0 Å². The molecule has 0 saturated heterocycles. The van der Waals surface area contributed by atoms with Gasteiger partial charge in [-0.15, -0.1) is 11.3 Å². The van der Waals surface area contributed by atoms with Gasteiger partial charge in [-0.1, -0.05) is 36.8 Å². The molecule has 0 fully saturated rings. The van der Waals surface area contributed by atoms with E-state index < -0.39 is 0 Å². The molecule has 0 unspecified atom stereocenters. The predicted molar refractivity (Wildman–Crippen MR) is 121 cm³/mol. The summed E-state index contributed by atoms with van der Waals surface area (Å²) < 4.78 is 5.01. The van der Waals surface area contributed by atoms with E-state index in [1.165, 1.54) is 35.3 Å². The molecule has 2 N–H and O–H groups in total. The maximum atomic E-state index is 12.6. The fourth-order valence-corrected chi connectivity index (χ4v) is 5.21. The van der Waals surface area contributed by atoms with Crippen LogP contribution in [0.5, 0.6) is 0 Å². The summed E-state index contributed by atoms with van der Waals surface area (Å²) >= 11 is 1.52. The van der Waals surface area contributed by atoms with Gasteiger partial charge >= 0.3 is 5.97 Å². The lowest BCUT2D eigenvalue weighted by molar-refractivity contribution is -0.115. The molecular formula is C23H31N3O3S. The molecule has 30 heavy (non-hydrogen) atoms. The van der Waals surface area contributed by atoms with E-state index in [9.17, 15) is 9.59 Å². The van der Waals surface area contributed by atoms with Gasteiger partial charge in [-0.3, -0.25) is 4.79 Å². The van der Waals surface area contributed by atoms with Gasteiger partial charge < -0.3 is 20.3 Å². The Balaban J connectivity index is 1.64. The van der Waals surface area contributed by atoms with Crippen molar-refractivity contribution in [1.82, 2.24) is 10.2 Å². The standard InChI is InChI=1S/C23H31N3O3S/c1-26(2)18(16-10-6-4-7-11-16)14-24-15-20(27)25-22-21(23(28)29-3)17-12-8-5-9-13-19(17)30-22/h4,6-7,10-11,18,24H,5,8-9,12-15H2,1-3H3,(H,25,27)/t18-/m1/s1. The highest BCUT2D eigenvalue weighted by molar-refractivity contribution is 7.17. The van der Waals surface area contributed by atoms with Crippen molar-refractivity contribution in [2.75, 3.05) is 39.6 Å². The van der Waals surface area contributed by atoms with Crippen LogP contribution < -0.4 is 10.6 Å². The maximum Gasteiger partial charge on any atom is 0.341 e. The third kappa shape index (κ3) is 5.47. The average molecular weight is 430 g/mol. The summed E-state index contributed by atoms with van der Waals surface area (Å²) in [6.07, 6.45) is 5.18. The van der Waals surface area contributed by atoms with Crippen molar-refractivity contribution in [3.05, 3.63) is 51.9 Å². The quantitative estimate of drug-likeness (QED) is 0.495. The number of carbonyl (C=O) groups excluding carboxylic acids is 2. The van der Waals surface area contributed by atoms with Crippen molar-refractivity contribution < 1.29 is 14.3 Å². The van der Waals surface area contributed by atoms with E-state index in [0.717, 1.165) is 31.2 Å². The Hall–Kier alpha value is -2.22.